The molecule has 1 aliphatic heterocycles. The Morgan fingerprint density at radius 3 is 2.54 bits per heavy atom. The Hall–Kier alpha value is -2.97. The van der Waals surface area contributed by atoms with Crippen molar-refractivity contribution in [3.05, 3.63) is 56.3 Å². The average Bonchev–Trinajstić information content (AvgIpc) is 2.66. The molecule has 3 N–H and O–H groups in total. The zero-order valence-electron chi connectivity index (χ0n) is 14.9. The Labute approximate surface area is 169 Å². The smallest absolute Gasteiger partial charge is 0.282 e. The highest BCUT2D eigenvalue weighted by molar-refractivity contribution is 6.35. The minimum Gasteiger partial charge on any atom is -0.493 e. The number of aliphatic imine (C=N–C) groups is 1. The van der Waals surface area contributed by atoms with Gasteiger partial charge in [0.1, 0.15) is 0 Å². The van der Waals surface area contributed by atoms with Crippen LogP contribution in [0.2, 0.25) is 10.0 Å². The number of guanidine groups is 1. The zero-order valence-corrected chi connectivity index (χ0v) is 16.4. The Bertz CT molecular complexity index is 1190. The molecule has 0 amide bonds. The summed E-state index contributed by atoms with van der Waals surface area (Å²) >= 11 is 12.4. The molecular formula is C18H15Cl2N5O3. The van der Waals surface area contributed by atoms with E-state index in [1.807, 2.05) is 0 Å². The van der Waals surface area contributed by atoms with Gasteiger partial charge in [0.05, 0.1) is 25.1 Å². The van der Waals surface area contributed by atoms with Gasteiger partial charge < -0.3 is 15.2 Å². The van der Waals surface area contributed by atoms with Crippen molar-refractivity contribution in [1.82, 2.24) is 9.55 Å². The number of nitrogens with one attached hydrogen (secondary N) is 1. The van der Waals surface area contributed by atoms with Crippen LogP contribution in [0, 0.1) is 0 Å². The minimum atomic E-state index is -0.658. The Balaban J connectivity index is 2.07. The van der Waals surface area contributed by atoms with Crippen LogP contribution in [0.15, 0.2) is 40.1 Å². The van der Waals surface area contributed by atoms with Crippen molar-refractivity contribution in [2.24, 2.45) is 10.7 Å². The van der Waals surface area contributed by atoms with E-state index < -0.39 is 11.7 Å². The maximum atomic E-state index is 12.6. The number of fused-ring (bicyclic) bond motifs is 3. The molecule has 0 bridgehead atoms. The molecule has 2 heterocycles. The van der Waals surface area contributed by atoms with E-state index in [2.05, 4.69) is 15.3 Å². The fourth-order valence-corrected chi connectivity index (χ4v) is 3.66. The molecule has 1 atom stereocenters. The van der Waals surface area contributed by atoms with Gasteiger partial charge in [-0.05, 0) is 18.2 Å². The van der Waals surface area contributed by atoms with E-state index in [1.165, 1.54) is 14.2 Å². The van der Waals surface area contributed by atoms with Crippen molar-refractivity contribution in [3.8, 4) is 11.5 Å². The number of aromatic nitrogens is 2. The molecule has 144 valence electrons. The number of hydrogen-bond donors (Lipinski definition) is 2. The number of benzene rings is 2. The van der Waals surface area contributed by atoms with Gasteiger partial charge >= 0.3 is 0 Å². The van der Waals surface area contributed by atoms with Crippen molar-refractivity contribution < 1.29 is 9.47 Å². The van der Waals surface area contributed by atoms with Crippen LogP contribution in [0.25, 0.3) is 10.9 Å². The van der Waals surface area contributed by atoms with Crippen molar-refractivity contribution in [2.75, 3.05) is 19.5 Å². The zero-order chi connectivity index (χ0) is 20.0. The molecule has 0 radical (unpaired) electrons. The molecule has 28 heavy (non-hydrogen) atoms. The third-order valence-electron chi connectivity index (χ3n) is 4.41. The van der Waals surface area contributed by atoms with Crippen LogP contribution in [0.4, 0.5) is 5.95 Å². The number of nitrogens with zero attached hydrogens (tertiary/aromatic N) is 3. The van der Waals surface area contributed by atoms with Crippen molar-refractivity contribution in [3.63, 3.8) is 0 Å². The fourth-order valence-electron chi connectivity index (χ4n) is 3.15. The number of methoxy groups -OCH3 is 2. The summed E-state index contributed by atoms with van der Waals surface area (Å²) in [7, 11) is 3.01. The second-order valence-electron chi connectivity index (χ2n) is 6.01. The summed E-state index contributed by atoms with van der Waals surface area (Å²) in [5.74, 6) is 1.23. The third-order valence-corrected chi connectivity index (χ3v) is 4.98. The summed E-state index contributed by atoms with van der Waals surface area (Å²) in [4.78, 5) is 21.2. The molecule has 0 fully saturated rings. The number of halogens is 2. The van der Waals surface area contributed by atoms with E-state index >= 15 is 0 Å². The second kappa shape index (κ2) is 6.88. The highest BCUT2D eigenvalue weighted by atomic mass is 35.5. The van der Waals surface area contributed by atoms with Crippen LogP contribution in [0.5, 0.6) is 11.5 Å². The molecule has 0 saturated carbocycles. The van der Waals surface area contributed by atoms with Gasteiger partial charge in [-0.15, -0.1) is 0 Å². The molecule has 0 saturated heterocycles. The van der Waals surface area contributed by atoms with E-state index in [0.717, 1.165) is 0 Å². The number of ether oxygens (including phenoxy) is 2. The van der Waals surface area contributed by atoms with Gasteiger partial charge in [0.2, 0.25) is 5.95 Å². The van der Waals surface area contributed by atoms with E-state index in [4.69, 9.17) is 38.4 Å². The normalized spacial score (nSPS) is 15.6. The lowest BCUT2D eigenvalue weighted by molar-refractivity contribution is 0.355. The van der Waals surface area contributed by atoms with Gasteiger partial charge in [-0.3, -0.25) is 14.7 Å². The number of nitrogens with two attached hydrogens (primary N) is 1. The average molecular weight is 420 g/mol. The monoisotopic (exact) mass is 419 g/mol. The summed E-state index contributed by atoms with van der Waals surface area (Å²) in [6, 6.07) is 8.35. The molecule has 8 nitrogen and oxygen atoms in total. The predicted molar refractivity (Wildman–Crippen MR) is 109 cm³/mol. The van der Waals surface area contributed by atoms with Gasteiger partial charge in [-0.25, -0.2) is 4.99 Å². The minimum absolute atomic E-state index is 0.114. The van der Waals surface area contributed by atoms with Crippen molar-refractivity contribution >= 4 is 46.0 Å². The second-order valence-corrected chi connectivity index (χ2v) is 6.86. The number of rotatable bonds is 3. The van der Waals surface area contributed by atoms with Crippen LogP contribution < -0.4 is 26.1 Å². The van der Waals surface area contributed by atoms with Gasteiger partial charge in [-0.2, -0.15) is 4.98 Å². The highest BCUT2D eigenvalue weighted by Gasteiger charge is 2.27. The third kappa shape index (κ3) is 2.90. The highest BCUT2D eigenvalue weighted by Crippen LogP contribution is 2.37. The molecule has 10 heteroatoms. The SMILES string of the molecule is COc1cc2c(=O)nc3n(c2cc1OC)[C@H](c1ccc(Cl)cc1Cl)N=C(N)N3. The topological polar surface area (TPSA) is 104 Å². The summed E-state index contributed by atoms with van der Waals surface area (Å²) in [6.07, 6.45) is -0.658. The van der Waals surface area contributed by atoms with E-state index in [-0.39, 0.29) is 11.9 Å². The first kappa shape index (κ1) is 18.4. The molecule has 0 aliphatic carbocycles. The van der Waals surface area contributed by atoms with Crippen LogP contribution in [0.3, 0.4) is 0 Å². The first-order chi connectivity index (χ1) is 13.4. The van der Waals surface area contributed by atoms with Gasteiger partial charge in [0, 0.05) is 21.7 Å². The quantitative estimate of drug-likeness (QED) is 0.675. The van der Waals surface area contributed by atoms with E-state index in [0.29, 0.717) is 38.0 Å². The molecule has 0 spiro atoms. The summed E-state index contributed by atoms with van der Waals surface area (Å²) in [6.45, 7) is 0. The Kier molecular flexibility index (Phi) is 4.52. The first-order valence-corrected chi connectivity index (χ1v) is 8.92. The van der Waals surface area contributed by atoms with Gasteiger partial charge in [-0.1, -0.05) is 29.3 Å². The van der Waals surface area contributed by atoms with Crippen LogP contribution in [-0.4, -0.2) is 29.7 Å². The molecule has 1 aromatic heterocycles. The lowest BCUT2D eigenvalue weighted by Gasteiger charge is -2.28. The molecule has 0 unspecified atom stereocenters. The number of hydrogen-bond acceptors (Lipinski definition) is 7. The van der Waals surface area contributed by atoms with E-state index in [9.17, 15) is 4.79 Å². The summed E-state index contributed by atoms with van der Waals surface area (Å²) in [5.41, 5.74) is 6.67. The Morgan fingerprint density at radius 2 is 1.86 bits per heavy atom. The van der Waals surface area contributed by atoms with Crippen molar-refractivity contribution in [1.29, 1.82) is 0 Å². The lowest BCUT2D eigenvalue weighted by Crippen LogP contribution is -2.35. The summed E-state index contributed by atoms with van der Waals surface area (Å²) in [5, 5.41) is 4.08. The lowest BCUT2D eigenvalue weighted by atomic mass is 10.1. The molecule has 4 rings (SSSR count). The number of anilines is 1. The summed E-state index contributed by atoms with van der Waals surface area (Å²) < 4.78 is 12.4. The Morgan fingerprint density at radius 1 is 1.14 bits per heavy atom. The van der Waals surface area contributed by atoms with E-state index in [1.54, 1.807) is 34.9 Å². The predicted octanol–water partition coefficient (Wildman–Crippen LogP) is 3.01. The van der Waals surface area contributed by atoms with Crippen molar-refractivity contribution in [2.45, 2.75) is 6.17 Å². The van der Waals surface area contributed by atoms with Crippen LogP contribution >= 0.6 is 23.2 Å². The van der Waals surface area contributed by atoms with Crippen LogP contribution in [-0.2, 0) is 0 Å². The maximum Gasteiger partial charge on any atom is 0.282 e. The first-order valence-electron chi connectivity index (χ1n) is 8.16. The fraction of sp³-hybridized carbons (Fsp3) is 0.167. The van der Waals surface area contributed by atoms with Crippen LogP contribution in [0.1, 0.15) is 11.7 Å². The molecule has 3 aromatic rings. The molecule has 1 aliphatic rings. The molecule has 2 aromatic carbocycles. The maximum absolute atomic E-state index is 12.6. The standard InChI is InChI=1S/C18H15Cl2N5O3/c1-27-13-6-10-12(7-14(13)28-2)25-15(9-4-3-8(19)5-11(9)20)22-17(21)24-18(25)23-16(10)26/h3-7,15H,1-2H3,(H3,21,22,23,24,26)/t15-/m1/s1. The largest absolute Gasteiger partial charge is 0.493 e. The van der Waals surface area contributed by atoms with Gasteiger partial charge in [0.15, 0.2) is 23.6 Å². The molecular weight excluding hydrogens is 405 g/mol. The van der Waals surface area contributed by atoms with Gasteiger partial charge in [0.25, 0.3) is 5.56 Å².